The van der Waals surface area contributed by atoms with E-state index in [1.54, 1.807) is 11.8 Å². The van der Waals surface area contributed by atoms with E-state index < -0.39 is 23.9 Å². The van der Waals surface area contributed by atoms with Crippen molar-refractivity contribution in [1.82, 2.24) is 9.80 Å². The first-order chi connectivity index (χ1) is 20.4. The lowest BCUT2D eigenvalue weighted by Gasteiger charge is -2.13. The number of nitrogens with zero attached hydrogens (tertiary/aromatic N) is 2. The maximum Gasteiger partial charge on any atom is 0.332 e. The highest BCUT2D eigenvalue weighted by Crippen LogP contribution is 2.20. The van der Waals surface area contributed by atoms with Crippen molar-refractivity contribution >= 4 is 57.2 Å². The van der Waals surface area contributed by atoms with Gasteiger partial charge in [0.05, 0.1) is 19.8 Å². The fraction of sp³-hybridized carbons (Fsp3) is 0.538. The van der Waals surface area contributed by atoms with E-state index in [2.05, 4.69) is 0 Å². The van der Waals surface area contributed by atoms with Crippen molar-refractivity contribution in [1.29, 1.82) is 0 Å². The predicted molar refractivity (Wildman–Crippen MR) is 163 cm³/mol. The molecule has 42 heavy (non-hydrogen) atoms. The monoisotopic (exact) mass is 652 g/mol. The van der Waals surface area contributed by atoms with Gasteiger partial charge in [0.15, 0.2) is 0 Å². The summed E-state index contributed by atoms with van der Waals surface area (Å²) >= 11 is 1.56. The minimum atomic E-state index is -0.585. The molecule has 13 nitrogen and oxygen atoms in total. The number of methoxy groups -OCH3 is 1. The van der Waals surface area contributed by atoms with Crippen LogP contribution in [-0.4, -0.2) is 134 Å². The van der Waals surface area contributed by atoms with E-state index in [0.29, 0.717) is 23.9 Å². The molecule has 0 rings (SSSR count). The van der Waals surface area contributed by atoms with Gasteiger partial charge in [0.2, 0.25) is 0 Å². The van der Waals surface area contributed by atoms with Crippen molar-refractivity contribution in [2.24, 2.45) is 0 Å². The van der Waals surface area contributed by atoms with Gasteiger partial charge in [0, 0.05) is 86.6 Å². The normalized spacial score (nSPS) is 11.4. The SMILES string of the molecule is COCCOC(=O)/C=C/N(/C=C/C(=O)OCCSSCCOC(=O)/C=C/N(/C=C/C(=O)OCCSC)CCO)CCO. The minimum absolute atomic E-state index is 0.115. The van der Waals surface area contributed by atoms with Crippen LogP contribution in [0.4, 0.5) is 0 Å². The van der Waals surface area contributed by atoms with E-state index >= 15 is 0 Å². The fourth-order valence-electron chi connectivity index (χ4n) is 2.37. The Bertz CT molecular complexity index is 816. The Hall–Kier alpha value is -2.63. The third kappa shape index (κ3) is 25.1. The largest absolute Gasteiger partial charge is 0.462 e. The Morgan fingerprint density at radius 3 is 1.29 bits per heavy atom. The maximum absolute atomic E-state index is 11.9. The highest BCUT2D eigenvalue weighted by molar-refractivity contribution is 8.76. The Labute approximate surface area is 258 Å². The quantitative estimate of drug-likeness (QED) is 0.0475. The molecule has 0 aliphatic rings. The van der Waals surface area contributed by atoms with Crippen LogP contribution in [0.2, 0.25) is 0 Å². The number of ether oxygens (including phenoxy) is 5. The molecule has 0 fully saturated rings. The summed E-state index contributed by atoms with van der Waals surface area (Å²) in [6.07, 6.45) is 12.2. The lowest BCUT2D eigenvalue weighted by atomic mass is 10.5. The van der Waals surface area contributed by atoms with Gasteiger partial charge in [-0.25, -0.2) is 19.2 Å². The molecule has 0 aromatic rings. The number of hydrogen-bond donors (Lipinski definition) is 2. The summed E-state index contributed by atoms with van der Waals surface area (Å²) in [5, 5.41) is 18.3. The van der Waals surface area contributed by atoms with Crippen LogP contribution < -0.4 is 0 Å². The van der Waals surface area contributed by atoms with Crippen LogP contribution in [0.1, 0.15) is 0 Å². The number of rotatable bonds is 25. The van der Waals surface area contributed by atoms with Crippen LogP contribution in [0.5, 0.6) is 0 Å². The molecule has 0 unspecified atom stereocenters. The molecule has 0 spiro atoms. The second kappa shape index (κ2) is 28.5. The first kappa shape index (κ1) is 39.4. The number of carbonyl (C=O) groups excluding carboxylic acids is 4. The smallest absolute Gasteiger partial charge is 0.332 e. The topological polar surface area (TPSA) is 161 Å². The Kier molecular flexibility index (Phi) is 26.7. The second-order valence-electron chi connectivity index (χ2n) is 7.49. The number of aliphatic hydroxyl groups is 2. The molecule has 0 atom stereocenters. The van der Waals surface area contributed by atoms with Crippen molar-refractivity contribution in [2.75, 3.05) is 90.0 Å². The highest BCUT2D eigenvalue weighted by atomic mass is 33.1. The Morgan fingerprint density at radius 2 is 0.952 bits per heavy atom. The van der Waals surface area contributed by atoms with Crippen LogP contribution in [0.25, 0.3) is 0 Å². The molecule has 0 aliphatic carbocycles. The van der Waals surface area contributed by atoms with E-state index in [0.717, 1.165) is 0 Å². The molecule has 238 valence electrons. The van der Waals surface area contributed by atoms with E-state index in [9.17, 15) is 19.2 Å². The molecule has 2 N–H and O–H groups in total. The lowest BCUT2D eigenvalue weighted by molar-refractivity contribution is -0.139. The van der Waals surface area contributed by atoms with Gasteiger partial charge in [-0.05, 0) is 6.26 Å². The van der Waals surface area contributed by atoms with Gasteiger partial charge in [-0.2, -0.15) is 11.8 Å². The molecule has 0 bridgehead atoms. The summed E-state index contributed by atoms with van der Waals surface area (Å²) in [4.78, 5) is 49.9. The maximum atomic E-state index is 11.9. The minimum Gasteiger partial charge on any atom is -0.462 e. The number of hydrogen-bond acceptors (Lipinski definition) is 16. The fourth-order valence-corrected chi connectivity index (χ4v) is 4.27. The molecule has 16 heteroatoms. The molecule has 0 saturated heterocycles. The number of carbonyl (C=O) groups is 4. The van der Waals surface area contributed by atoms with E-state index in [1.807, 2.05) is 6.26 Å². The number of thioether (sulfide) groups is 1. The third-order valence-electron chi connectivity index (χ3n) is 4.29. The van der Waals surface area contributed by atoms with Gasteiger partial charge in [-0.3, -0.25) is 0 Å². The number of esters is 4. The lowest BCUT2D eigenvalue weighted by Crippen LogP contribution is -2.17. The Morgan fingerprint density at radius 1 is 0.595 bits per heavy atom. The van der Waals surface area contributed by atoms with Crippen LogP contribution in [0, 0.1) is 0 Å². The van der Waals surface area contributed by atoms with Crippen LogP contribution in [0.15, 0.2) is 49.1 Å². The van der Waals surface area contributed by atoms with E-state index in [4.69, 9.17) is 33.9 Å². The Balaban J connectivity index is 4.17. The zero-order chi connectivity index (χ0) is 31.3. The molecule has 0 aromatic heterocycles. The highest BCUT2D eigenvalue weighted by Gasteiger charge is 2.04. The molecule has 0 amide bonds. The van der Waals surface area contributed by atoms with Gasteiger partial charge >= 0.3 is 23.9 Å². The zero-order valence-corrected chi connectivity index (χ0v) is 26.2. The first-order valence-corrected chi connectivity index (χ1v) is 16.6. The summed E-state index contributed by atoms with van der Waals surface area (Å²) in [5.41, 5.74) is 0. The van der Waals surface area contributed by atoms with Crippen LogP contribution in [0.3, 0.4) is 0 Å². The molecule has 0 radical (unpaired) electrons. The summed E-state index contributed by atoms with van der Waals surface area (Å²) < 4.78 is 24.9. The molecular formula is C26H40N2O11S3. The average Bonchev–Trinajstić information content (AvgIpc) is 2.97. The predicted octanol–water partition coefficient (Wildman–Crippen LogP) is 1.19. The summed E-state index contributed by atoms with van der Waals surface area (Å²) in [7, 11) is 4.37. The second-order valence-corrected chi connectivity index (χ2v) is 11.2. The van der Waals surface area contributed by atoms with Crippen LogP contribution in [-0.2, 0) is 42.9 Å². The molecule has 0 saturated carbocycles. The van der Waals surface area contributed by atoms with Gasteiger partial charge in [0.25, 0.3) is 0 Å². The van der Waals surface area contributed by atoms with Gasteiger partial charge in [-0.1, -0.05) is 21.6 Å². The average molecular weight is 653 g/mol. The van der Waals surface area contributed by atoms with Gasteiger partial charge in [0.1, 0.15) is 26.4 Å². The zero-order valence-electron chi connectivity index (χ0n) is 23.8. The van der Waals surface area contributed by atoms with Gasteiger partial charge in [-0.15, -0.1) is 0 Å². The van der Waals surface area contributed by atoms with Crippen molar-refractivity contribution in [3.8, 4) is 0 Å². The van der Waals surface area contributed by atoms with Crippen molar-refractivity contribution in [3.05, 3.63) is 49.1 Å². The summed E-state index contributed by atoms with van der Waals surface area (Å²) in [6, 6.07) is 0. The van der Waals surface area contributed by atoms with Crippen LogP contribution >= 0.6 is 33.3 Å². The molecule has 0 aromatic carbocycles. The standard InChI is InChI=1S/C26H40N2O11S3/c1-35-15-16-36-23(31)3-7-27(11-13-29)9-5-25(33)38-18-21-41-42-22-19-39-26(34)6-10-28(12-14-30)8-4-24(32)37-17-20-40-2/h3-10,29-30H,11-22H2,1-2H3/b7-3+,8-4+,9-5+,10-6+. The number of aliphatic hydroxyl groups excluding tert-OH is 2. The van der Waals surface area contributed by atoms with E-state index in [-0.39, 0.29) is 52.7 Å². The summed E-state index contributed by atoms with van der Waals surface area (Å²) in [5.74, 6) is -0.550. The molecular weight excluding hydrogens is 612 g/mol. The van der Waals surface area contributed by atoms with Crippen molar-refractivity contribution < 1.29 is 53.1 Å². The molecule has 0 aliphatic heterocycles. The first-order valence-electron chi connectivity index (χ1n) is 12.7. The summed E-state index contributed by atoms with van der Waals surface area (Å²) in [6.45, 7) is 0.965. The molecule has 0 heterocycles. The third-order valence-corrected chi connectivity index (χ3v) is 7.20. The van der Waals surface area contributed by atoms with Crippen molar-refractivity contribution in [3.63, 3.8) is 0 Å². The van der Waals surface area contributed by atoms with Crippen molar-refractivity contribution in [2.45, 2.75) is 0 Å². The van der Waals surface area contributed by atoms with Gasteiger partial charge < -0.3 is 43.7 Å². The van der Waals surface area contributed by atoms with E-state index in [1.165, 1.54) is 87.6 Å².